The fraction of sp³-hybridized carbons (Fsp3) is 0.333. The van der Waals surface area contributed by atoms with Crippen molar-refractivity contribution < 1.29 is 39.6 Å². The van der Waals surface area contributed by atoms with Gasteiger partial charge in [-0.2, -0.15) is 0 Å². The quantitative estimate of drug-likeness (QED) is 0.463. The summed E-state index contributed by atoms with van der Waals surface area (Å²) in [5.41, 5.74) is 2.92. The zero-order valence-corrected chi connectivity index (χ0v) is 18.9. The lowest BCUT2D eigenvalue weighted by atomic mass is 10.0. The van der Waals surface area contributed by atoms with Crippen LogP contribution in [0.15, 0.2) is 54.6 Å². The molecule has 10 nitrogen and oxygen atoms in total. The van der Waals surface area contributed by atoms with Gasteiger partial charge in [-0.15, -0.1) is 0 Å². The van der Waals surface area contributed by atoms with Crippen molar-refractivity contribution in [3.8, 4) is 0 Å². The number of rotatable bonds is 5. The van der Waals surface area contributed by atoms with Crippen molar-refractivity contribution in [1.82, 2.24) is 9.80 Å². The molecule has 1 heterocycles. The van der Waals surface area contributed by atoms with Crippen molar-refractivity contribution in [2.24, 2.45) is 0 Å². The molecule has 34 heavy (non-hydrogen) atoms. The molecule has 1 aromatic carbocycles. The number of aryl methyl sites for hydroxylation is 1. The van der Waals surface area contributed by atoms with Gasteiger partial charge in [0.25, 0.3) is 0 Å². The molecule has 4 N–H and O–H groups in total. The van der Waals surface area contributed by atoms with Crippen molar-refractivity contribution in [3.63, 3.8) is 0 Å². The maximum absolute atomic E-state index is 9.55. The first kappa shape index (κ1) is 28.3. The molecule has 0 saturated carbocycles. The molecule has 1 unspecified atom stereocenters. The van der Waals surface area contributed by atoms with E-state index in [1.54, 1.807) is 0 Å². The molecule has 0 spiro atoms. The zero-order chi connectivity index (χ0) is 25.5. The second-order valence-corrected chi connectivity index (χ2v) is 7.52. The number of aliphatic carboxylic acids is 4. The molecule has 0 amide bonds. The number of nitrogens with zero attached hydrogens (tertiary/aromatic N) is 2. The average molecular weight is 475 g/mol. The van der Waals surface area contributed by atoms with Gasteiger partial charge in [0.1, 0.15) is 0 Å². The average Bonchev–Trinajstić information content (AvgIpc) is 3.01. The van der Waals surface area contributed by atoms with Gasteiger partial charge in [0.2, 0.25) is 0 Å². The molecule has 0 bridgehead atoms. The maximum atomic E-state index is 9.55. The van der Waals surface area contributed by atoms with Crippen LogP contribution in [0.25, 0.3) is 6.08 Å². The minimum absolute atomic E-state index is 0.558. The van der Waals surface area contributed by atoms with Gasteiger partial charge in [0.05, 0.1) is 0 Å². The van der Waals surface area contributed by atoms with E-state index in [1.165, 1.54) is 50.1 Å². The molecule has 3 rings (SSSR count). The van der Waals surface area contributed by atoms with Crippen LogP contribution in [0.5, 0.6) is 0 Å². The van der Waals surface area contributed by atoms with Crippen molar-refractivity contribution >= 4 is 30.0 Å². The number of hydrogen-bond donors (Lipinski definition) is 4. The molecule has 1 atom stereocenters. The van der Waals surface area contributed by atoms with E-state index in [0.717, 1.165) is 0 Å². The summed E-state index contributed by atoms with van der Waals surface area (Å²) < 4.78 is 0. The summed E-state index contributed by atoms with van der Waals surface area (Å²) in [5, 5.41) is 31.2. The normalized spacial score (nSPS) is 18.1. The van der Waals surface area contributed by atoms with Crippen molar-refractivity contribution in [2.75, 3.05) is 33.2 Å². The Kier molecular flexibility index (Phi) is 12.6. The Labute approximate surface area is 197 Å². The van der Waals surface area contributed by atoms with Crippen molar-refractivity contribution in [2.45, 2.75) is 18.9 Å². The van der Waals surface area contributed by atoms with Crippen LogP contribution in [-0.4, -0.2) is 93.4 Å². The number of carboxylic acids is 4. The zero-order valence-electron chi connectivity index (χ0n) is 18.9. The molecule has 184 valence electrons. The van der Waals surface area contributed by atoms with Gasteiger partial charge in [0, 0.05) is 56.5 Å². The van der Waals surface area contributed by atoms with E-state index in [2.05, 4.69) is 53.3 Å². The van der Waals surface area contributed by atoms with Gasteiger partial charge < -0.3 is 25.3 Å². The third kappa shape index (κ3) is 12.3. The molecule has 1 aliphatic heterocycles. The van der Waals surface area contributed by atoms with Crippen LogP contribution in [0, 0.1) is 0 Å². The number of hydrogen-bond acceptors (Lipinski definition) is 6. The minimum atomic E-state index is -1.26. The third-order valence-electron chi connectivity index (χ3n) is 5.01. The Morgan fingerprint density at radius 2 is 1.26 bits per heavy atom. The van der Waals surface area contributed by atoms with Crippen LogP contribution in [0.1, 0.15) is 17.5 Å². The van der Waals surface area contributed by atoms with Crippen molar-refractivity contribution in [3.05, 3.63) is 65.8 Å². The highest BCUT2D eigenvalue weighted by atomic mass is 16.4. The van der Waals surface area contributed by atoms with Gasteiger partial charge in [-0.05, 0) is 31.0 Å². The van der Waals surface area contributed by atoms with Crippen LogP contribution >= 0.6 is 0 Å². The molecule has 1 saturated heterocycles. The van der Waals surface area contributed by atoms with E-state index in [4.69, 9.17) is 20.4 Å². The molecular weight excluding hydrogens is 444 g/mol. The topological polar surface area (TPSA) is 156 Å². The van der Waals surface area contributed by atoms with E-state index in [-0.39, 0.29) is 0 Å². The number of likely N-dealkylation sites (N-methyl/N-ethyl adjacent to an activating group) is 1. The second kappa shape index (κ2) is 15.1. The Balaban J connectivity index is 0.000000304. The highest BCUT2D eigenvalue weighted by molar-refractivity contribution is 5.90. The van der Waals surface area contributed by atoms with Gasteiger partial charge in [0.15, 0.2) is 0 Å². The lowest BCUT2D eigenvalue weighted by Gasteiger charge is -2.36. The Morgan fingerprint density at radius 1 is 0.794 bits per heavy atom. The van der Waals surface area contributed by atoms with E-state index >= 15 is 0 Å². The van der Waals surface area contributed by atoms with E-state index < -0.39 is 23.9 Å². The fourth-order valence-corrected chi connectivity index (χ4v) is 3.28. The van der Waals surface area contributed by atoms with Gasteiger partial charge in [-0.1, -0.05) is 36.4 Å². The number of fused-ring (bicyclic) bond motifs is 1. The van der Waals surface area contributed by atoms with E-state index in [9.17, 15) is 19.2 Å². The SMILES string of the molecule is CN1CCN(C2C=Cc3ccccc3CC2)CC1.O=C(O)/C=C/C(=O)O.O=C(O)/C=C/C(=O)O. The molecule has 1 aromatic rings. The third-order valence-corrected chi connectivity index (χ3v) is 5.01. The summed E-state index contributed by atoms with van der Waals surface area (Å²) in [6.45, 7) is 4.83. The smallest absolute Gasteiger partial charge is 0.328 e. The summed E-state index contributed by atoms with van der Waals surface area (Å²) in [7, 11) is 2.22. The molecule has 1 aliphatic carbocycles. The molecule has 2 aliphatic rings. The highest BCUT2D eigenvalue weighted by Crippen LogP contribution is 2.22. The minimum Gasteiger partial charge on any atom is -0.478 e. The van der Waals surface area contributed by atoms with Crippen LogP contribution in [-0.2, 0) is 25.6 Å². The molecule has 1 fully saturated rings. The summed E-state index contributed by atoms with van der Waals surface area (Å²) >= 11 is 0. The number of carboxylic acid groups (broad SMARTS) is 4. The lowest BCUT2D eigenvalue weighted by molar-refractivity contribution is -0.134. The second-order valence-electron chi connectivity index (χ2n) is 7.52. The maximum Gasteiger partial charge on any atom is 0.328 e. The molecule has 0 aromatic heterocycles. The Hall–Kier alpha value is -3.76. The molecule has 0 radical (unpaired) electrons. The monoisotopic (exact) mass is 474 g/mol. The Bertz CT molecular complexity index is 865. The van der Waals surface area contributed by atoms with E-state index in [1.807, 2.05) is 0 Å². The van der Waals surface area contributed by atoms with Gasteiger partial charge in [-0.3, -0.25) is 4.90 Å². The first-order chi connectivity index (χ1) is 16.1. The molecule has 10 heteroatoms. The first-order valence-electron chi connectivity index (χ1n) is 10.5. The Morgan fingerprint density at radius 3 is 1.74 bits per heavy atom. The predicted octanol–water partition coefficient (Wildman–Crippen LogP) is 1.69. The van der Waals surface area contributed by atoms with E-state index in [0.29, 0.717) is 30.3 Å². The fourth-order valence-electron chi connectivity index (χ4n) is 3.28. The highest BCUT2D eigenvalue weighted by Gasteiger charge is 2.21. The first-order valence-corrected chi connectivity index (χ1v) is 10.5. The van der Waals surface area contributed by atoms with Crippen LogP contribution in [0.3, 0.4) is 0 Å². The predicted molar refractivity (Wildman–Crippen MR) is 125 cm³/mol. The van der Waals surface area contributed by atoms with Crippen molar-refractivity contribution in [1.29, 1.82) is 0 Å². The van der Waals surface area contributed by atoms with Crippen LogP contribution in [0.2, 0.25) is 0 Å². The van der Waals surface area contributed by atoms with Crippen LogP contribution < -0.4 is 0 Å². The number of benzene rings is 1. The standard InChI is InChI=1S/C16H22N2.2C4H4O4/c1-17-10-12-18(13-11-17)16-8-6-14-4-2-3-5-15(14)7-9-16;2*5-3(6)1-2-4(7)8/h2-6,8,16H,7,9-13H2,1H3;2*1-2H,(H,5,6)(H,7,8)/b;2*2-1+. The number of piperazine rings is 1. The largest absolute Gasteiger partial charge is 0.478 e. The van der Waals surface area contributed by atoms with Gasteiger partial charge in [-0.25, -0.2) is 19.2 Å². The summed E-state index contributed by atoms with van der Waals surface area (Å²) in [6, 6.07) is 9.43. The van der Waals surface area contributed by atoms with Crippen LogP contribution in [0.4, 0.5) is 0 Å². The lowest BCUT2D eigenvalue weighted by Crippen LogP contribution is -2.48. The number of carbonyl (C=O) groups is 4. The van der Waals surface area contributed by atoms with Gasteiger partial charge >= 0.3 is 23.9 Å². The summed E-state index contributed by atoms with van der Waals surface area (Å²) in [6.07, 6.45) is 9.44. The summed E-state index contributed by atoms with van der Waals surface area (Å²) in [5.74, 6) is -5.03. The summed E-state index contributed by atoms with van der Waals surface area (Å²) in [4.78, 5) is 43.3. The molecular formula is C24H30N2O8.